The van der Waals surface area contributed by atoms with Crippen molar-refractivity contribution in [2.45, 2.75) is 13.5 Å². The molecule has 0 bridgehead atoms. The molecule has 0 N–H and O–H groups in total. The van der Waals surface area contributed by atoms with Crippen LogP contribution in [0.4, 0.5) is 8.78 Å². The van der Waals surface area contributed by atoms with E-state index in [2.05, 4.69) is 4.74 Å². The zero-order valence-electron chi connectivity index (χ0n) is 10.2. The van der Waals surface area contributed by atoms with Crippen molar-refractivity contribution < 1.29 is 27.8 Å². The predicted octanol–water partition coefficient (Wildman–Crippen LogP) is 3.81. The summed E-state index contributed by atoms with van der Waals surface area (Å²) in [7, 11) is 2.47. The van der Waals surface area contributed by atoms with Crippen molar-refractivity contribution in [2.24, 2.45) is 0 Å². The Kier molecular flexibility index (Phi) is 5.20. The lowest BCUT2D eigenvalue weighted by molar-refractivity contribution is -0.0502. The number of hydrogen-bond donors (Lipinski definition) is 0. The molecule has 0 aliphatic rings. The highest BCUT2D eigenvalue weighted by Gasteiger charge is 2.29. The zero-order valence-corrected chi connectivity index (χ0v) is 11.7. The van der Waals surface area contributed by atoms with E-state index in [0.717, 1.165) is 6.92 Å². The molecule has 19 heavy (non-hydrogen) atoms. The molecule has 0 saturated carbocycles. The van der Waals surface area contributed by atoms with Gasteiger partial charge in [-0.15, -0.1) is 0 Å². The number of halogens is 4. The fourth-order valence-corrected chi connectivity index (χ4v) is 2.22. The lowest BCUT2D eigenvalue weighted by Gasteiger charge is -2.18. The van der Waals surface area contributed by atoms with Gasteiger partial charge in [-0.2, -0.15) is 8.78 Å². The second-order valence-electron chi connectivity index (χ2n) is 3.33. The lowest BCUT2D eigenvalue weighted by Crippen LogP contribution is -2.10. The van der Waals surface area contributed by atoms with Crippen molar-refractivity contribution in [2.75, 3.05) is 14.2 Å². The Labute approximate surface area is 118 Å². The summed E-state index contributed by atoms with van der Waals surface area (Å²) >= 11 is 11.8. The van der Waals surface area contributed by atoms with Crippen LogP contribution in [0.15, 0.2) is 0 Å². The van der Waals surface area contributed by atoms with E-state index in [1.165, 1.54) is 14.2 Å². The Bertz CT molecular complexity index is 506. The Balaban J connectivity index is 3.70. The van der Waals surface area contributed by atoms with Crippen molar-refractivity contribution in [1.29, 1.82) is 0 Å². The van der Waals surface area contributed by atoms with Crippen molar-refractivity contribution in [3.63, 3.8) is 0 Å². The summed E-state index contributed by atoms with van der Waals surface area (Å²) in [6, 6.07) is 0. The molecule has 0 unspecified atom stereocenters. The summed E-state index contributed by atoms with van der Waals surface area (Å²) in [6.07, 6.45) is 0. The van der Waals surface area contributed by atoms with E-state index >= 15 is 0 Å². The van der Waals surface area contributed by atoms with E-state index in [0.29, 0.717) is 0 Å². The Morgan fingerprint density at radius 1 is 1.05 bits per heavy atom. The number of carbonyl (C=O) groups is 1. The third-order valence-electron chi connectivity index (χ3n) is 2.22. The van der Waals surface area contributed by atoms with Crippen molar-refractivity contribution in [3.05, 3.63) is 15.6 Å². The van der Waals surface area contributed by atoms with Crippen LogP contribution >= 0.6 is 23.2 Å². The fraction of sp³-hybridized carbons (Fsp3) is 0.364. The van der Waals surface area contributed by atoms with Gasteiger partial charge < -0.3 is 14.2 Å². The van der Waals surface area contributed by atoms with Crippen LogP contribution in [0.3, 0.4) is 0 Å². The topological polar surface area (TPSA) is 44.8 Å². The Morgan fingerprint density at radius 3 is 1.89 bits per heavy atom. The summed E-state index contributed by atoms with van der Waals surface area (Å²) in [4.78, 5) is 11.6. The van der Waals surface area contributed by atoms with Crippen LogP contribution in [0.1, 0.15) is 17.3 Å². The van der Waals surface area contributed by atoms with Crippen LogP contribution in [0.5, 0.6) is 17.2 Å². The molecule has 0 atom stereocenters. The molecule has 0 aliphatic heterocycles. The quantitative estimate of drug-likeness (QED) is 0.775. The largest absolute Gasteiger partial charge is 0.494 e. The number of carbonyl (C=O) groups excluding carboxylic acids is 1. The van der Waals surface area contributed by atoms with Crippen molar-refractivity contribution in [1.82, 2.24) is 0 Å². The third-order valence-corrected chi connectivity index (χ3v) is 2.91. The minimum absolute atomic E-state index is 0.0955. The van der Waals surface area contributed by atoms with Gasteiger partial charge in [-0.25, -0.2) is 0 Å². The van der Waals surface area contributed by atoms with Gasteiger partial charge in [0.05, 0.1) is 14.2 Å². The SMILES string of the molecule is COc1c(Cl)c(OC)c(C(C)=O)c(OC(F)F)c1Cl. The van der Waals surface area contributed by atoms with E-state index in [1.807, 2.05) is 0 Å². The smallest absolute Gasteiger partial charge is 0.387 e. The third kappa shape index (κ3) is 3.01. The number of ketones is 1. The van der Waals surface area contributed by atoms with Gasteiger partial charge in [0.15, 0.2) is 23.0 Å². The molecule has 0 radical (unpaired) electrons. The van der Waals surface area contributed by atoms with Crippen LogP contribution in [0, 0.1) is 0 Å². The van der Waals surface area contributed by atoms with E-state index in [-0.39, 0.29) is 27.1 Å². The highest BCUT2D eigenvalue weighted by molar-refractivity contribution is 6.40. The Morgan fingerprint density at radius 2 is 1.53 bits per heavy atom. The average molecular weight is 315 g/mol. The molecule has 0 spiro atoms. The highest BCUT2D eigenvalue weighted by Crippen LogP contribution is 2.49. The van der Waals surface area contributed by atoms with Crippen molar-refractivity contribution >= 4 is 29.0 Å². The normalized spacial score (nSPS) is 10.5. The van der Waals surface area contributed by atoms with Gasteiger partial charge >= 0.3 is 6.61 Å². The van der Waals surface area contributed by atoms with Crippen LogP contribution in [-0.2, 0) is 0 Å². The molecular formula is C11H10Cl2F2O4. The Hall–Kier alpha value is -1.27. The molecule has 1 aromatic rings. The van der Waals surface area contributed by atoms with E-state index in [4.69, 9.17) is 32.7 Å². The first-order valence-electron chi connectivity index (χ1n) is 4.93. The van der Waals surface area contributed by atoms with Crippen LogP contribution < -0.4 is 14.2 Å². The van der Waals surface area contributed by atoms with Crippen LogP contribution in [0.2, 0.25) is 10.0 Å². The molecule has 4 nitrogen and oxygen atoms in total. The summed E-state index contributed by atoms with van der Waals surface area (Å²) in [6.45, 7) is -2.01. The van der Waals surface area contributed by atoms with Gasteiger partial charge in [-0.05, 0) is 6.92 Å². The highest BCUT2D eigenvalue weighted by atomic mass is 35.5. The van der Waals surface area contributed by atoms with E-state index < -0.39 is 18.1 Å². The summed E-state index contributed by atoms with van der Waals surface area (Å²) in [5, 5.41) is -0.416. The van der Waals surface area contributed by atoms with Gasteiger partial charge in [-0.3, -0.25) is 4.79 Å². The molecule has 106 valence electrons. The number of hydrogen-bond acceptors (Lipinski definition) is 4. The maximum atomic E-state index is 12.4. The van der Waals surface area contributed by atoms with E-state index in [9.17, 15) is 13.6 Å². The number of rotatable bonds is 5. The summed E-state index contributed by atoms with van der Waals surface area (Å²) < 4.78 is 38.9. The summed E-state index contributed by atoms with van der Waals surface area (Å²) in [5.41, 5.74) is -0.265. The zero-order chi connectivity index (χ0) is 14.7. The van der Waals surface area contributed by atoms with Gasteiger partial charge in [0.25, 0.3) is 0 Å². The number of methoxy groups -OCH3 is 2. The van der Waals surface area contributed by atoms with Crippen LogP contribution in [0.25, 0.3) is 0 Å². The molecule has 0 saturated heterocycles. The molecule has 0 fully saturated rings. The first-order valence-corrected chi connectivity index (χ1v) is 5.69. The fourth-order valence-electron chi connectivity index (χ4n) is 1.52. The number of benzene rings is 1. The molecule has 1 rings (SSSR count). The maximum Gasteiger partial charge on any atom is 0.387 e. The van der Waals surface area contributed by atoms with Gasteiger partial charge in [0.1, 0.15) is 15.6 Å². The van der Waals surface area contributed by atoms with Gasteiger partial charge in [-0.1, -0.05) is 23.2 Å². The standard InChI is InChI=1S/C11H10Cl2F2O4/c1-4(16)5-8(17-2)6(12)10(18-3)7(13)9(5)19-11(14)15/h11H,1-3H3. The minimum atomic E-state index is -3.16. The lowest BCUT2D eigenvalue weighted by atomic mass is 10.1. The van der Waals surface area contributed by atoms with E-state index in [1.54, 1.807) is 0 Å². The molecule has 0 aromatic heterocycles. The summed E-state index contributed by atoms with van der Waals surface area (Å²) in [5.74, 6) is -1.35. The molecule has 0 aliphatic carbocycles. The monoisotopic (exact) mass is 314 g/mol. The minimum Gasteiger partial charge on any atom is -0.494 e. The molecular weight excluding hydrogens is 305 g/mol. The number of alkyl halides is 2. The maximum absolute atomic E-state index is 12.4. The molecule has 0 heterocycles. The second kappa shape index (κ2) is 6.25. The second-order valence-corrected chi connectivity index (χ2v) is 4.09. The van der Waals surface area contributed by atoms with Gasteiger partial charge in [0.2, 0.25) is 0 Å². The first kappa shape index (κ1) is 15.8. The van der Waals surface area contributed by atoms with Gasteiger partial charge in [0, 0.05) is 0 Å². The first-order chi connectivity index (χ1) is 8.84. The molecule has 0 amide bonds. The number of Topliss-reactive ketones (excluding diaryl/α,β-unsaturated/α-hetero) is 1. The molecule has 1 aromatic carbocycles. The molecule has 8 heteroatoms. The number of ether oxygens (including phenoxy) is 3. The van der Waals surface area contributed by atoms with Crippen molar-refractivity contribution in [3.8, 4) is 17.2 Å². The van der Waals surface area contributed by atoms with Crippen LogP contribution in [-0.4, -0.2) is 26.6 Å². The average Bonchev–Trinajstić information content (AvgIpc) is 2.32. The predicted molar refractivity (Wildman–Crippen MR) is 66.2 cm³/mol.